The molecule has 0 aliphatic rings. The summed E-state index contributed by atoms with van der Waals surface area (Å²) in [5.74, 6) is -0.0600. The Hall–Kier alpha value is -1.15. The number of hydrogen-bond donors (Lipinski definition) is 1. The molecule has 0 saturated heterocycles. The van der Waals surface area contributed by atoms with E-state index in [1.807, 2.05) is 24.3 Å². The van der Waals surface area contributed by atoms with E-state index in [-0.39, 0.29) is 30.7 Å². The molecular weight excluding hydrogens is 496 g/mol. The molecule has 27 heavy (non-hydrogen) atoms. The molecule has 0 spiro atoms. The van der Waals surface area contributed by atoms with Crippen molar-refractivity contribution < 1.29 is 4.79 Å². The zero-order valence-corrected chi connectivity index (χ0v) is 19.2. The van der Waals surface area contributed by atoms with Crippen molar-refractivity contribution in [2.24, 2.45) is 0 Å². The number of aromatic nitrogens is 1. The summed E-state index contributed by atoms with van der Waals surface area (Å²) in [5, 5.41) is 5.11. The zero-order chi connectivity index (χ0) is 17.8. The first kappa shape index (κ1) is 23.9. The van der Waals surface area contributed by atoms with Crippen LogP contribution in [-0.4, -0.2) is 42.0 Å². The molecule has 0 bridgehead atoms. The number of carbonyl (C=O) groups excluding carboxylic acids is 1. The molecule has 0 aliphatic carbocycles. The van der Waals surface area contributed by atoms with Gasteiger partial charge in [0, 0.05) is 27.4 Å². The number of hydrogen-bond acceptors (Lipinski definition) is 3. The molecule has 1 aromatic heterocycles. The first-order valence-corrected chi connectivity index (χ1v) is 9.69. The summed E-state index contributed by atoms with van der Waals surface area (Å²) >= 11 is 2.28. The summed E-state index contributed by atoms with van der Waals surface area (Å²) in [6, 6.07) is 14.1. The average Bonchev–Trinajstić information content (AvgIpc) is 2.63. The largest absolute Gasteiger partial charge is 0.351 e. The Morgan fingerprint density at radius 3 is 2.52 bits per heavy atom. The number of amides is 1. The fraction of sp³-hybridized carbons (Fsp3) is 0.300. The van der Waals surface area contributed by atoms with Crippen LogP contribution in [0.1, 0.15) is 24.2 Å². The topological polar surface area (TPSA) is 45.2 Å². The van der Waals surface area contributed by atoms with E-state index in [2.05, 4.69) is 64.9 Å². The summed E-state index contributed by atoms with van der Waals surface area (Å²) in [6.07, 6.45) is 0. The van der Waals surface area contributed by atoms with E-state index in [9.17, 15) is 4.79 Å². The maximum absolute atomic E-state index is 12.6. The molecule has 3 rings (SSSR count). The van der Waals surface area contributed by atoms with E-state index in [1.54, 1.807) is 0 Å². The normalized spacial score (nSPS) is 10.5. The summed E-state index contributed by atoms with van der Waals surface area (Å²) in [6.45, 7) is 7.75. The maximum atomic E-state index is 12.6. The summed E-state index contributed by atoms with van der Waals surface area (Å²) in [5.41, 5.74) is 2.32. The number of nitrogens with one attached hydrogen (secondary N) is 1. The van der Waals surface area contributed by atoms with Crippen LogP contribution in [0.25, 0.3) is 21.8 Å². The highest BCUT2D eigenvalue weighted by atomic mass is 127. The van der Waals surface area contributed by atoms with Crippen LogP contribution in [0.3, 0.4) is 0 Å². The number of likely N-dealkylation sites (N-methyl/N-ethyl adjacent to an activating group) is 1. The molecule has 7 heteroatoms. The number of para-hydroxylation sites is 1. The van der Waals surface area contributed by atoms with Gasteiger partial charge in [-0.05, 0) is 59.9 Å². The lowest BCUT2D eigenvalue weighted by Gasteiger charge is -2.18. The minimum Gasteiger partial charge on any atom is -0.351 e. The second kappa shape index (κ2) is 11.0. The Morgan fingerprint density at radius 2 is 1.81 bits per heavy atom. The lowest BCUT2D eigenvalue weighted by Crippen LogP contribution is -2.34. The van der Waals surface area contributed by atoms with E-state index in [0.29, 0.717) is 12.1 Å². The van der Waals surface area contributed by atoms with Gasteiger partial charge in [0.05, 0.1) is 16.6 Å². The predicted molar refractivity (Wildman–Crippen MR) is 127 cm³/mol. The Kier molecular flexibility index (Phi) is 9.73. The highest BCUT2D eigenvalue weighted by molar-refractivity contribution is 14.1. The van der Waals surface area contributed by atoms with Crippen LogP contribution in [0.5, 0.6) is 0 Å². The van der Waals surface area contributed by atoms with Crippen molar-refractivity contribution in [2.45, 2.75) is 13.8 Å². The molecule has 1 amide bonds. The molecule has 4 nitrogen and oxygen atoms in total. The van der Waals surface area contributed by atoms with Crippen molar-refractivity contribution in [3.8, 4) is 0 Å². The highest BCUT2D eigenvalue weighted by Gasteiger charge is 2.12. The van der Waals surface area contributed by atoms with Crippen LogP contribution in [0.2, 0.25) is 0 Å². The van der Waals surface area contributed by atoms with Gasteiger partial charge in [0.1, 0.15) is 0 Å². The number of rotatable bonds is 6. The third-order valence-corrected chi connectivity index (χ3v) is 5.13. The molecule has 1 N–H and O–H groups in total. The molecule has 0 fully saturated rings. The van der Waals surface area contributed by atoms with Crippen LogP contribution in [0, 0.1) is 3.57 Å². The quantitative estimate of drug-likeness (QED) is 0.372. The van der Waals surface area contributed by atoms with Gasteiger partial charge in [0.15, 0.2) is 0 Å². The van der Waals surface area contributed by atoms with E-state index in [1.165, 1.54) is 0 Å². The van der Waals surface area contributed by atoms with E-state index < -0.39 is 0 Å². The average molecular weight is 520 g/mol. The van der Waals surface area contributed by atoms with Gasteiger partial charge in [0.2, 0.25) is 0 Å². The third kappa shape index (κ3) is 5.67. The van der Waals surface area contributed by atoms with Crippen LogP contribution < -0.4 is 5.32 Å². The Labute approximate surface area is 186 Å². The van der Waals surface area contributed by atoms with Gasteiger partial charge in [-0.15, -0.1) is 24.8 Å². The molecule has 0 radical (unpaired) electrons. The lowest BCUT2D eigenvalue weighted by molar-refractivity contribution is 0.0950. The van der Waals surface area contributed by atoms with Crippen LogP contribution in [0.4, 0.5) is 0 Å². The van der Waals surface area contributed by atoms with Gasteiger partial charge in [-0.2, -0.15) is 0 Å². The number of fused-ring (bicyclic) bond motifs is 2. The van der Waals surface area contributed by atoms with Crippen LogP contribution >= 0.6 is 47.4 Å². The van der Waals surface area contributed by atoms with Crippen molar-refractivity contribution >= 4 is 75.1 Å². The van der Waals surface area contributed by atoms with Crippen LogP contribution in [0.15, 0.2) is 42.5 Å². The van der Waals surface area contributed by atoms with Crippen molar-refractivity contribution in [1.29, 1.82) is 0 Å². The molecule has 0 saturated carbocycles. The molecule has 2 aromatic carbocycles. The van der Waals surface area contributed by atoms with E-state index in [4.69, 9.17) is 4.98 Å². The van der Waals surface area contributed by atoms with Crippen LogP contribution in [-0.2, 0) is 0 Å². The second-order valence-corrected chi connectivity index (χ2v) is 7.23. The first-order chi connectivity index (χ1) is 12.1. The van der Waals surface area contributed by atoms with E-state index in [0.717, 1.165) is 45.0 Å². The first-order valence-electron chi connectivity index (χ1n) is 8.62. The van der Waals surface area contributed by atoms with Gasteiger partial charge >= 0.3 is 0 Å². The summed E-state index contributed by atoms with van der Waals surface area (Å²) < 4.78 is 1.14. The number of halogens is 3. The Morgan fingerprint density at radius 1 is 1.07 bits per heavy atom. The minimum absolute atomic E-state index is 0. The fourth-order valence-corrected chi connectivity index (χ4v) is 3.45. The summed E-state index contributed by atoms with van der Waals surface area (Å²) in [4.78, 5) is 19.7. The van der Waals surface area contributed by atoms with Crippen molar-refractivity contribution in [3.05, 3.63) is 51.6 Å². The second-order valence-electron chi connectivity index (χ2n) is 5.99. The lowest BCUT2D eigenvalue weighted by atomic mass is 10.1. The van der Waals surface area contributed by atoms with Crippen molar-refractivity contribution in [3.63, 3.8) is 0 Å². The molecule has 0 unspecified atom stereocenters. The maximum Gasteiger partial charge on any atom is 0.253 e. The molecule has 146 valence electrons. The van der Waals surface area contributed by atoms with Crippen molar-refractivity contribution in [1.82, 2.24) is 15.2 Å². The predicted octanol–water partition coefficient (Wildman–Crippen LogP) is 4.91. The molecule has 0 atom stereocenters. The standard InChI is InChI=1S/C20H22IN3O.2ClH/c1-3-24(4-2)11-10-22-20(25)17-7-5-6-15-12-14-8-9-16(21)13-18(14)23-19(15)17;;/h5-9,12-13H,3-4,10-11H2,1-2H3,(H,22,25);2*1H. The SMILES string of the molecule is CCN(CC)CCNC(=O)c1cccc2cc3ccc(I)cc3nc12.Cl.Cl. The minimum atomic E-state index is -0.0600. The third-order valence-electron chi connectivity index (χ3n) is 4.46. The fourth-order valence-electron chi connectivity index (χ4n) is 2.97. The van der Waals surface area contributed by atoms with Gasteiger partial charge in [-0.1, -0.05) is 32.0 Å². The number of nitrogens with zero attached hydrogens (tertiary/aromatic N) is 2. The van der Waals surface area contributed by atoms with Gasteiger partial charge in [-0.25, -0.2) is 4.98 Å². The molecule has 1 heterocycles. The molecule has 3 aromatic rings. The number of benzene rings is 2. The Balaban J connectivity index is 0.00000182. The van der Waals surface area contributed by atoms with Crippen molar-refractivity contribution in [2.75, 3.05) is 26.2 Å². The zero-order valence-electron chi connectivity index (χ0n) is 15.4. The van der Waals surface area contributed by atoms with Gasteiger partial charge < -0.3 is 10.2 Å². The van der Waals surface area contributed by atoms with Gasteiger partial charge in [-0.3, -0.25) is 4.79 Å². The highest BCUT2D eigenvalue weighted by Crippen LogP contribution is 2.23. The Bertz CT molecular complexity index is 916. The van der Waals surface area contributed by atoms with Gasteiger partial charge in [0.25, 0.3) is 5.91 Å². The molecular formula is C20H24Cl2IN3O. The summed E-state index contributed by atoms with van der Waals surface area (Å²) in [7, 11) is 0. The smallest absolute Gasteiger partial charge is 0.253 e. The van der Waals surface area contributed by atoms with E-state index >= 15 is 0 Å². The monoisotopic (exact) mass is 519 g/mol. The number of carbonyl (C=O) groups is 1. The molecule has 0 aliphatic heterocycles. The number of pyridine rings is 1.